The van der Waals surface area contributed by atoms with Crippen LogP contribution in [0.1, 0.15) is 31.2 Å². The van der Waals surface area contributed by atoms with E-state index in [0.29, 0.717) is 6.54 Å². The zero-order valence-electron chi connectivity index (χ0n) is 14.1. The van der Waals surface area contributed by atoms with Gasteiger partial charge in [-0.05, 0) is 50.3 Å². The number of amides is 2. The molecule has 24 heavy (non-hydrogen) atoms. The Morgan fingerprint density at radius 2 is 1.92 bits per heavy atom. The first-order valence-electron chi connectivity index (χ1n) is 8.66. The third kappa shape index (κ3) is 4.55. The Labute approximate surface area is 142 Å². The Bertz CT molecular complexity index is 608. The lowest BCUT2D eigenvalue weighted by atomic mass is 10.1. The zero-order valence-corrected chi connectivity index (χ0v) is 14.1. The second-order valence-electron chi connectivity index (χ2n) is 6.56. The summed E-state index contributed by atoms with van der Waals surface area (Å²) in [7, 11) is 0. The molecule has 1 heterocycles. The van der Waals surface area contributed by atoms with Gasteiger partial charge >= 0.3 is 0 Å². The topological polar surface area (TPSA) is 79.5 Å². The van der Waals surface area contributed by atoms with Gasteiger partial charge < -0.3 is 20.7 Å². The first-order valence-corrected chi connectivity index (χ1v) is 8.66. The fraction of sp³-hybridized carbons (Fsp3) is 0.556. The molecule has 130 valence electrons. The molecule has 6 heteroatoms. The summed E-state index contributed by atoms with van der Waals surface area (Å²) in [4.78, 5) is 24.0. The van der Waals surface area contributed by atoms with E-state index in [-0.39, 0.29) is 30.4 Å². The predicted octanol–water partition coefficient (Wildman–Crippen LogP) is 2.05. The van der Waals surface area contributed by atoms with Gasteiger partial charge in [0.25, 0.3) is 0 Å². The van der Waals surface area contributed by atoms with E-state index in [2.05, 4.69) is 16.0 Å². The SMILES string of the molecule is Cc1c(NC(=O)CNCC2CCCO2)cccc1NC(=O)C1CC1. The molecule has 1 aromatic carbocycles. The average Bonchev–Trinajstić information content (AvgIpc) is 3.29. The van der Waals surface area contributed by atoms with Crippen molar-refractivity contribution < 1.29 is 14.3 Å². The van der Waals surface area contributed by atoms with Crippen molar-refractivity contribution in [3.05, 3.63) is 23.8 Å². The number of carbonyl (C=O) groups excluding carboxylic acids is 2. The number of nitrogens with one attached hydrogen (secondary N) is 3. The van der Waals surface area contributed by atoms with Gasteiger partial charge in [0.15, 0.2) is 0 Å². The Morgan fingerprint density at radius 1 is 1.17 bits per heavy atom. The smallest absolute Gasteiger partial charge is 0.238 e. The minimum atomic E-state index is -0.0956. The van der Waals surface area contributed by atoms with Gasteiger partial charge in [0.05, 0.1) is 12.6 Å². The summed E-state index contributed by atoms with van der Waals surface area (Å²) in [6.07, 6.45) is 4.31. The van der Waals surface area contributed by atoms with Crippen LogP contribution in [0.2, 0.25) is 0 Å². The predicted molar refractivity (Wildman–Crippen MR) is 93.0 cm³/mol. The largest absolute Gasteiger partial charge is 0.377 e. The standard InChI is InChI=1S/C18H25N3O3/c1-12-15(5-2-6-16(12)21-18(23)13-7-8-13)20-17(22)11-19-10-14-4-3-9-24-14/h2,5-6,13-14,19H,3-4,7-11H2,1H3,(H,20,22)(H,21,23). The third-order valence-corrected chi connectivity index (χ3v) is 4.50. The van der Waals surface area contributed by atoms with Crippen LogP contribution in [0.25, 0.3) is 0 Å². The van der Waals surface area contributed by atoms with E-state index in [9.17, 15) is 9.59 Å². The van der Waals surface area contributed by atoms with Crippen molar-refractivity contribution in [2.24, 2.45) is 5.92 Å². The Balaban J connectivity index is 1.49. The monoisotopic (exact) mass is 331 g/mol. The van der Waals surface area contributed by atoms with Gasteiger partial charge in [-0.25, -0.2) is 0 Å². The Kier molecular flexibility index (Phi) is 5.48. The van der Waals surface area contributed by atoms with Crippen LogP contribution in [0.5, 0.6) is 0 Å². The molecule has 1 atom stereocenters. The van der Waals surface area contributed by atoms with E-state index in [4.69, 9.17) is 4.74 Å². The summed E-state index contributed by atoms with van der Waals surface area (Å²) in [5.74, 6) is 0.131. The van der Waals surface area contributed by atoms with Crippen molar-refractivity contribution in [2.45, 2.75) is 38.7 Å². The number of hydrogen-bond donors (Lipinski definition) is 3. The molecule has 0 bridgehead atoms. The highest BCUT2D eigenvalue weighted by Gasteiger charge is 2.29. The fourth-order valence-electron chi connectivity index (χ4n) is 2.83. The summed E-state index contributed by atoms with van der Waals surface area (Å²) < 4.78 is 5.51. The maximum Gasteiger partial charge on any atom is 0.238 e. The quantitative estimate of drug-likeness (QED) is 0.714. The number of benzene rings is 1. The van der Waals surface area contributed by atoms with Crippen LogP contribution in [0.4, 0.5) is 11.4 Å². The van der Waals surface area contributed by atoms with Crippen LogP contribution in [-0.2, 0) is 14.3 Å². The average molecular weight is 331 g/mol. The molecule has 1 saturated heterocycles. The van der Waals surface area contributed by atoms with Crippen LogP contribution in [0, 0.1) is 12.8 Å². The van der Waals surface area contributed by atoms with Crippen molar-refractivity contribution >= 4 is 23.2 Å². The summed E-state index contributed by atoms with van der Waals surface area (Å²) >= 11 is 0. The molecule has 6 nitrogen and oxygen atoms in total. The molecule has 2 fully saturated rings. The van der Waals surface area contributed by atoms with Crippen LogP contribution in [0.15, 0.2) is 18.2 Å². The minimum Gasteiger partial charge on any atom is -0.377 e. The molecule has 3 N–H and O–H groups in total. The maximum atomic E-state index is 12.1. The molecule has 3 rings (SSSR count). The number of hydrogen-bond acceptors (Lipinski definition) is 4. The molecule has 1 aromatic rings. The minimum absolute atomic E-state index is 0.0693. The van der Waals surface area contributed by atoms with Gasteiger partial charge in [0, 0.05) is 30.4 Å². The van der Waals surface area contributed by atoms with E-state index in [0.717, 1.165) is 49.2 Å². The van der Waals surface area contributed by atoms with E-state index in [1.54, 1.807) is 0 Å². The molecule has 0 spiro atoms. The Morgan fingerprint density at radius 3 is 2.58 bits per heavy atom. The zero-order chi connectivity index (χ0) is 16.9. The normalized spacial score (nSPS) is 20.0. The van der Waals surface area contributed by atoms with Crippen LogP contribution >= 0.6 is 0 Å². The van der Waals surface area contributed by atoms with Crippen LogP contribution in [0.3, 0.4) is 0 Å². The van der Waals surface area contributed by atoms with Crippen molar-refractivity contribution in [3.8, 4) is 0 Å². The first kappa shape index (κ1) is 16.9. The highest BCUT2D eigenvalue weighted by Crippen LogP contribution is 2.31. The van der Waals surface area contributed by atoms with E-state index in [1.807, 2.05) is 25.1 Å². The van der Waals surface area contributed by atoms with Gasteiger partial charge in [-0.15, -0.1) is 0 Å². The number of carbonyl (C=O) groups is 2. The summed E-state index contributed by atoms with van der Waals surface area (Å²) in [5, 5.41) is 8.97. The van der Waals surface area contributed by atoms with Crippen LogP contribution in [-0.4, -0.2) is 37.6 Å². The molecular formula is C18H25N3O3. The highest BCUT2D eigenvalue weighted by atomic mass is 16.5. The molecule has 1 aliphatic carbocycles. The van der Waals surface area contributed by atoms with E-state index in [1.165, 1.54) is 0 Å². The summed E-state index contributed by atoms with van der Waals surface area (Å²) in [6, 6.07) is 5.55. The van der Waals surface area contributed by atoms with E-state index >= 15 is 0 Å². The maximum absolute atomic E-state index is 12.1. The molecular weight excluding hydrogens is 306 g/mol. The van der Waals surface area contributed by atoms with Gasteiger partial charge in [-0.2, -0.15) is 0 Å². The molecule has 1 unspecified atom stereocenters. The van der Waals surface area contributed by atoms with Gasteiger partial charge in [-0.3, -0.25) is 9.59 Å². The van der Waals surface area contributed by atoms with Gasteiger partial charge in [0.1, 0.15) is 0 Å². The lowest BCUT2D eigenvalue weighted by Crippen LogP contribution is -2.33. The molecule has 0 radical (unpaired) electrons. The molecule has 2 aliphatic rings. The molecule has 1 saturated carbocycles. The van der Waals surface area contributed by atoms with Crippen molar-refractivity contribution in [1.82, 2.24) is 5.32 Å². The number of anilines is 2. The lowest BCUT2D eigenvalue weighted by molar-refractivity contribution is -0.117. The number of ether oxygens (including phenoxy) is 1. The van der Waals surface area contributed by atoms with Gasteiger partial charge in [0.2, 0.25) is 11.8 Å². The third-order valence-electron chi connectivity index (χ3n) is 4.50. The second-order valence-corrected chi connectivity index (χ2v) is 6.56. The number of rotatable bonds is 7. The van der Waals surface area contributed by atoms with Crippen molar-refractivity contribution in [3.63, 3.8) is 0 Å². The van der Waals surface area contributed by atoms with Crippen molar-refractivity contribution in [1.29, 1.82) is 0 Å². The first-order chi connectivity index (χ1) is 11.6. The Hall–Kier alpha value is -1.92. The fourth-order valence-corrected chi connectivity index (χ4v) is 2.83. The van der Waals surface area contributed by atoms with Crippen LogP contribution < -0.4 is 16.0 Å². The summed E-state index contributed by atoms with van der Waals surface area (Å²) in [5.41, 5.74) is 2.36. The van der Waals surface area contributed by atoms with Gasteiger partial charge in [-0.1, -0.05) is 6.07 Å². The van der Waals surface area contributed by atoms with Crippen molar-refractivity contribution in [2.75, 3.05) is 30.3 Å². The molecule has 1 aliphatic heterocycles. The van der Waals surface area contributed by atoms with E-state index < -0.39 is 0 Å². The lowest BCUT2D eigenvalue weighted by Gasteiger charge is -2.14. The summed E-state index contributed by atoms with van der Waals surface area (Å²) in [6.45, 7) is 3.66. The molecule has 2 amide bonds. The molecule has 0 aromatic heterocycles. The second kappa shape index (κ2) is 7.77. The highest BCUT2D eigenvalue weighted by molar-refractivity contribution is 5.97.